The van der Waals surface area contributed by atoms with Gasteiger partial charge in [0.25, 0.3) is 0 Å². The van der Waals surface area contributed by atoms with Crippen LogP contribution in [0.3, 0.4) is 0 Å². The van der Waals surface area contributed by atoms with E-state index in [0.29, 0.717) is 12.5 Å². The van der Waals surface area contributed by atoms with Gasteiger partial charge in [0.15, 0.2) is 0 Å². The first-order valence-corrected chi connectivity index (χ1v) is 6.33. The van der Waals surface area contributed by atoms with E-state index >= 15 is 0 Å². The van der Waals surface area contributed by atoms with Crippen LogP contribution in [0, 0.1) is 0 Å². The molecule has 1 aliphatic carbocycles. The molecule has 0 amide bonds. The van der Waals surface area contributed by atoms with Crippen molar-refractivity contribution < 1.29 is 0 Å². The van der Waals surface area contributed by atoms with Gasteiger partial charge in [-0.3, -0.25) is 0 Å². The Morgan fingerprint density at radius 2 is 2.00 bits per heavy atom. The smallest absolute Gasteiger partial charge is 0.0227 e. The summed E-state index contributed by atoms with van der Waals surface area (Å²) in [6, 6.07) is 9.00. The molecule has 3 rings (SSSR count). The Morgan fingerprint density at radius 3 is 2.76 bits per heavy atom. The number of aryl methyl sites for hydroxylation is 2. The lowest BCUT2D eigenvalue weighted by molar-refractivity contribution is 0.818. The third-order valence-electron chi connectivity index (χ3n) is 3.78. The minimum atomic E-state index is 0.326. The van der Waals surface area contributed by atoms with Crippen molar-refractivity contribution in [3.05, 3.63) is 58.9 Å². The Labute approximate surface area is 102 Å². The van der Waals surface area contributed by atoms with E-state index in [1.165, 1.54) is 41.5 Å². The zero-order valence-corrected chi connectivity index (χ0v) is 9.95. The normalized spacial score (nSPS) is 15.8. The Kier molecular flexibility index (Phi) is 2.73. The molecule has 0 fully saturated rings. The molecular formula is C15H18N2. The van der Waals surface area contributed by atoms with Crippen LogP contribution >= 0.6 is 0 Å². The summed E-state index contributed by atoms with van der Waals surface area (Å²) in [6.07, 6.45) is 7.78. The highest BCUT2D eigenvalue weighted by Gasteiger charge is 2.16. The van der Waals surface area contributed by atoms with Gasteiger partial charge in [-0.2, -0.15) is 0 Å². The number of aromatic amines is 1. The fourth-order valence-electron chi connectivity index (χ4n) is 2.83. The highest BCUT2D eigenvalue weighted by Crippen LogP contribution is 2.29. The van der Waals surface area contributed by atoms with Gasteiger partial charge < -0.3 is 10.7 Å². The topological polar surface area (TPSA) is 41.8 Å². The zero-order chi connectivity index (χ0) is 11.7. The fraction of sp³-hybridized carbons (Fsp3) is 0.333. The third kappa shape index (κ3) is 1.89. The summed E-state index contributed by atoms with van der Waals surface area (Å²) in [6.45, 7) is 0.663. The molecule has 1 aromatic carbocycles. The number of H-pyrrole nitrogens is 1. The molecule has 1 aromatic heterocycles. The van der Waals surface area contributed by atoms with Crippen molar-refractivity contribution >= 4 is 0 Å². The predicted octanol–water partition coefficient (Wildman–Crippen LogP) is 2.59. The minimum absolute atomic E-state index is 0.326. The molecular weight excluding hydrogens is 208 g/mol. The van der Waals surface area contributed by atoms with Crippen LogP contribution < -0.4 is 5.73 Å². The lowest BCUT2D eigenvalue weighted by Gasteiger charge is -2.15. The Balaban J connectivity index is 1.97. The standard InChI is InChI=1S/C15H18N2/c16-9-15(14-6-7-17-10-14)13-5-4-11-2-1-3-12(11)8-13/h4-8,10,15,17H,1-3,9,16H2. The lowest BCUT2D eigenvalue weighted by Crippen LogP contribution is -2.13. The van der Waals surface area contributed by atoms with Crippen LogP contribution in [-0.4, -0.2) is 11.5 Å². The number of fused-ring (bicyclic) bond motifs is 1. The molecule has 17 heavy (non-hydrogen) atoms. The number of benzene rings is 1. The summed E-state index contributed by atoms with van der Waals surface area (Å²) in [5.74, 6) is 0.326. The van der Waals surface area contributed by atoms with Crippen molar-refractivity contribution in [2.24, 2.45) is 5.73 Å². The Bertz CT molecular complexity index is 500. The van der Waals surface area contributed by atoms with Crippen molar-refractivity contribution in [2.45, 2.75) is 25.2 Å². The first-order valence-electron chi connectivity index (χ1n) is 6.33. The van der Waals surface area contributed by atoms with Crippen LogP contribution in [0.4, 0.5) is 0 Å². The maximum atomic E-state index is 5.93. The van der Waals surface area contributed by atoms with Gasteiger partial charge in [-0.15, -0.1) is 0 Å². The van der Waals surface area contributed by atoms with E-state index < -0.39 is 0 Å². The SMILES string of the molecule is NCC(c1cc[nH]c1)c1ccc2c(c1)CCC2. The molecule has 0 radical (unpaired) electrons. The van der Waals surface area contributed by atoms with Gasteiger partial charge in [0.05, 0.1) is 0 Å². The Hall–Kier alpha value is -1.54. The van der Waals surface area contributed by atoms with Gasteiger partial charge in [-0.25, -0.2) is 0 Å². The molecule has 0 spiro atoms. The summed E-state index contributed by atoms with van der Waals surface area (Å²) in [5, 5.41) is 0. The number of hydrogen-bond donors (Lipinski definition) is 2. The molecule has 2 heteroatoms. The molecule has 0 saturated heterocycles. The fourth-order valence-corrected chi connectivity index (χ4v) is 2.83. The number of rotatable bonds is 3. The molecule has 2 nitrogen and oxygen atoms in total. The second kappa shape index (κ2) is 4.38. The van der Waals surface area contributed by atoms with Gasteiger partial charge >= 0.3 is 0 Å². The van der Waals surface area contributed by atoms with E-state index in [2.05, 4.69) is 29.2 Å². The van der Waals surface area contributed by atoms with Crippen LogP contribution in [-0.2, 0) is 12.8 Å². The van der Waals surface area contributed by atoms with E-state index in [4.69, 9.17) is 5.73 Å². The quantitative estimate of drug-likeness (QED) is 0.830. The van der Waals surface area contributed by atoms with Crippen LogP contribution in [0.1, 0.15) is 34.6 Å². The predicted molar refractivity (Wildman–Crippen MR) is 70.2 cm³/mol. The monoisotopic (exact) mass is 226 g/mol. The number of aromatic nitrogens is 1. The number of hydrogen-bond acceptors (Lipinski definition) is 1. The van der Waals surface area contributed by atoms with E-state index in [9.17, 15) is 0 Å². The average molecular weight is 226 g/mol. The van der Waals surface area contributed by atoms with E-state index in [1.54, 1.807) is 0 Å². The van der Waals surface area contributed by atoms with Gasteiger partial charge in [0.1, 0.15) is 0 Å². The average Bonchev–Trinajstić information content (AvgIpc) is 2.99. The van der Waals surface area contributed by atoms with Crippen LogP contribution in [0.5, 0.6) is 0 Å². The van der Waals surface area contributed by atoms with Crippen LogP contribution in [0.15, 0.2) is 36.7 Å². The molecule has 0 bridgehead atoms. The van der Waals surface area contributed by atoms with Crippen molar-refractivity contribution in [1.29, 1.82) is 0 Å². The molecule has 1 unspecified atom stereocenters. The highest BCUT2D eigenvalue weighted by molar-refractivity contribution is 5.40. The Morgan fingerprint density at radius 1 is 1.12 bits per heavy atom. The lowest BCUT2D eigenvalue weighted by atomic mass is 9.91. The van der Waals surface area contributed by atoms with Crippen molar-refractivity contribution in [3.63, 3.8) is 0 Å². The molecule has 1 aliphatic rings. The minimum Gasteiger partial charge on any atom is -0.367 e. The van der Waals surface area contributed by atoms with Crippen molar-refractivity contribution in [3.8, 4) is 0 Å². The number of nitrogens with two attached hydrogens (primary N) is 1. The van der Waals surface area contributed by atoms with Crippen molar-refractivity contribution in [1.82, 2.24) is 4.98 Å². The van der Waals surface area contributed by atoms with Crippen LogP contribution in [0.25, 0.3) is 0 Å². The van der Waals surface area contributed by atoms with E-state index in [0.717, 1.165) is 0 Å². The summed E-state index contributed by atoms with van der Waals surface area (Å²) < 4.78 is 0. The maximum Gasteiger partial charge on any atom is 0.0227 e. The van der Waals surface area contributed by atoms with Gasteiger partial charge in [-0.05, 0) is 47.6 Å². The van der Waals surface area contributed by atoms with Gasteiger partial charge in [-0.1, -0.05) is 18.2 Å². The largest absolute Gasteiger partial charge is 0.367 e. The summed E-state index contributed by atoms with van der Waals surface area (Å²) >= 11 is 0. The molecule has 2 aromatic rings. The van der Waals surface area contributed by atoms with Gasteiger partial charge in [0, 0.05) is 24.9 Å². The molecule has 1 heterocycles. The zero-order valence-electron chi connectivity index (χ0n) is 9.95. The highest BCUT2D eigenvalue weighted by atomic mass is 14.6. The molecule has 88 valence electrons. The molecule has 0 saturated carbocycles. The molecule has 3 N–H and O–H groups in total. The second-order valence-corrected chi connectivity index (χ2v) is 4.81. The number of nitrogens with one attached hydrogen (secondary N) is 1. The first-order chi connectivity index (χ1) is 8.38. The van der Waals surface area contributed by atoms with E-state index in [-0.39, 0.29) is 0 Å². The summed E-state index contributed by atoms with van der Waals surface area (Å²) in [5.41, 5.74) is 11.6. The molecule has 0 aliphatic heterocycles. The first kappa shape index (κ1) is 10.6. The van der Waals surface area contributed by atoms with Crippen molar-refractivity contribution in [2.75, 3.05) is 6.54 Å². The summed E-state index contributed by atoms with van der Waals surface area (Å²) in [4.78, 5) is 3.11. The second-order valence-electron chi connectivity index (χ2n) is 4.81. The third-order valence-corrected chi connectivity index (χ3v) is 3.78. The van der Waals surface area contributed by atoms with Gasteiger partial charge in [0.2, 0.25) is 0 Å². The maximum absolute atomic E-state index is 5.93. The van der Waals surface area contributed by atoms with Crippen LogP contribution in [0.2, 0.25) is 0 Å². The van der Waals surface area contributed by atoms with E-state index in [1.807, 2.05) is 12.4 Å². The molecule has 1 atom stereocenters. The summed E-state index contributed by atoms with van der Waals surface area (Å²) in [7, 11) is 0.